The zero-order valence-electron chi connectivity index (χ0n) is 12.2. The van der Waals surface area contributed by atoms with Crippen LogP contribution in [0.15, 0.2) is 18.2 Å². The van der Waals surface area contributed by atoms with Gasteiger partial charge in [-0.3, -0.25) is 4.79 Å². The first kappa shape index (κ1) is 15.7. The number of morpholine rings is 1. The summed E-state index contributed by atoms with van der Waals surface area (Å²) in [5.74, 6) is -0.469. The highest BCUT2D eigenvalue weighted by Crippen LogP contribution is 2.21. The first-order chi connectivity index (χ1) is 10.2. The van der Waals surface area contributed by atoms with Crippen molar-refractivity contribution in [1.82, 2.24) is 5.32 Å². The minimum atomic E-state index is -0.270. The van der Waals surface area contributed by atoms with E-state index in [1.54, 1.807) is 6.07 Å². The first-order valence-corrected chi connectivity index (χ1v) is 7.16. The van der Waals surface area contributed by atoms with Crippen molar-refractivity contribution in [3.8, 4) is 0 Å². The molecule has 1 N–H and O–H groups in total. The fraction of sp³-hybridized carbons (Fsp3) is 0.533. The molecular weight excluding hydrogens is 275 g/mol. The van der Waals surface area contributed by atoms with Crippen molar-refractivity contribution in [1.29, 1.82) is 0 Å². The lowest BCUT2D eigenvalue weighted by molar-refractivity contribution is -0.125. The normalized spacial score (nSPS) is 15.0. The lowest BCUT2D eigenvalue weighted by atomic mass is 10.1. The second-order valence-corrected chi connectivity index (χ2v) is 4.80. The van der Waals surface area contributed by atoms with E-state index in [9.17, 15) is 9.18 Å². The van der Waals surface area contributed by atoms with E-state index in [0.717, 1.165) is 5.56 Å². The van der Waals surface area contributed by atoms with Crippen LogP contribution in [0.2, 0.25) is 0 Å². The molecule has 1 aromatic rings. The maximum atomic E-state index is 14.1. The molecule has 0 radical (unpaired) electrons. The number of benzene rings is 1. The number of anilines is 1. The molecule has 0 aromatic heterocycles. The monoisotopic (exact) mass is 296 g/mol. The fourth-order valence-corrected chi connectivity index (χ4v) is 2.17. The highest BCUT2D eigenvalue weighted by atomic mass is 19.1. The average Bonchev–Trinajstić information content (AvgIpc) is 2.52. The predicted molar refractivity (Wildman–Crippen MR) is 77.8 cm³/mol. The van der Waals surface area contributed by atoms with Gasteiger partial charge in [-0.15, -0.1) is 0 Å². The van der Waals surface area contributed by atoms with Crippen LogP contribution in [0.3, 0.4) is 0 Å². The summed E-state index contributed by atoms with van der Waals surface area (Å²) >= 11 is 0. The quantitative estimate of drug-likeness (QED) is 0.860. The Bertz CT molecular complexity index is 476. The number of ether oxygens (including phenoxy) is 2. The lowest BCUT2D eigenvalue weighted by Gasteiger charge is -2.29. The van der Waals surface area contributed by atoms with Crippen LogP contribution in [-0.4, -0.2) is 45.4 Å². The number of nitrogens with one attached hydrogen (secondary N) is 1. The Labute approximate surface area is 124 Å². The summed E-state index contributed by atoms with van der Waals surface area (Å²) in [4.78, 5) is 13.4. The van der Waals surface area contributed by atoms with E-state index in [-0.39, 0.29) is 18.3 Å². The van der Waals surface area contributed by atoms with E-state index in [1.807, 2.05) is 17.9 Å². The van der Waals surface area contributed by atoms with E-state index >= 15 is 0 Å². The Hall–Kier alpha value is -1.66. The standard InChI is InChI=1S/C15H21FN2O3/c1-2-20-11-15(19)17-10-12-3-4-14(13(16)9-12)18-5-7-21-8-6-18/h3-4,9H,2,5-8,10-11H2,1H3,(H,17,19). The summed E-state index contributed by atoms with van der Waals surface area (Å²) in [6.45, 7) is 5.28. The van der Waals surface area contributed by atoms with Crippen LogP contribution in [0.25, 0.3) is 0 Å². The second kappa shape index (κ2) is 7.95. The number of carbonyl (C=O) groups excluding carboxylic acids is 1. The molecule has 1 aliphatic rings. The molecule has 0 bridgehead atoms. The molecule has 0 saturated carbocycles. The topological polar surface area (TPSA) is 50.8 Å². The smallest absolute Gasteiger partial charge is 0.246 e. The third-order valence-electron chi connectivity index (χ3n) is 3.29. The summed E-state index contributed by atoms with van der Waals surface area (Å²) in [5.41, 5.74) is 1.32. The second-order valence-electron chi connectivity index (χ2n) is 4.80. The fourth-order valence-electron chi connectivity index (χ4n) is 2.17. The van der Waals surface area contributed by atoms with Crippen molar-refractivity contribution < 1.29 is 18.7 Å². The van der Waals surface area contributed by atoms with Crippen molar-refractivity contribution in [2.75, 3.05) is 44.4 Å². The van der Waals surface area contributed by atoms with Crippen LogP contribution >= 0.6 is 0 Å². The molecule has 5 nitrogen and oxygen atoms in total. The van der Waals surface area contributed by atoms with Crippen molar-refractivity contribution in [3.05, 3.63) is 29.6 Å². The minimum absolute atomic E-state index is 0.0326. The summed E-state index contributed by atoms with van der Waals surface area (Å²) in [6, 6.07) is 5.05. The molecule has 1 heterocycles. The number of halogens is 1. The number of carbonyl (C=O) groups is 1. The highest BCUT2D eigenvalue weighted by molar-refractivity contribution is 5.77. The molecule has 2 rings (SSSR count). The minimum Gasteiger partial charge on any atom is -0.378 e. The molecular formula is C15H21FN2O3. The maximum Gasteiger partial charge on any atom is 0.246 e. The van der Waals surface area contributed by atoms with Gasteiger partial charge < -0.3 is 19.7 Å². The molecule has 1 amide bonds. The molecule has 1 saturated heterocycles. The van der Waals surface area contributed by atoms with E-state index in [2.05, 4.69) is 5.32 Å². The molecule has 116 valence electrons. The Morgan fingerprint density at radius 1 is 1.43 bits per heavy atom. The summed E-state index contributed by atoms with van der Waals surface area (Å²) in [7, 11) is 0. The van der Waals surface area contributed by atoms with Gasteiger partial charge in [0, 0.05) is 26.2 Å². The zero-order chi connectivity index (χ0) is 15.1. The van der Waals surface area contributed by atoms with Gasteiger partial charge in [-0.25, -0.2) is 4.39 Å². The largest absolute Gasteiger partial charge is 0.378 e. The molecule has 0 unspecified atom stereocenters. The third-order valence-corrected chi connectivity index (χ3v) is 3.29. The van der Waals surface area contributed by atoms with Gasteiger partial charge in [-0.1, -0.05) is 6.07 Å². The van der Waals surface area contributed by atoms with Crippen molar-refractivity contribution in [3.63, 3.8) is 0 Å². The molecule has 1 aromatic carbocycles. The number of hydrogen-bond acceptors (Lipinski definition) is 4. The van der Waals surface area contributed by atoms with E-state index < -0.39 is 0 Å². The van der Waals surface area contributed by atoms with Crippen LogP contribution < -0.4 is 10.2 Å². The van der Waals surface area contributed by atoms with Gasteiger partial charge in [0.25, 0.3) is 0 Å². The van der Waals surface area contributed by atoms with Crippen molar-refractivity contribution in [2.24, 2.45) is 0 Å². The van der Waals surface area contributed by atoms with E-state index in [0.29, 0.717) is 45.1 Å². The molecule has 0 atom stereocenters. The van der Waals surface area contributed by atoms with Gasteiger partial charge in [0.2, 0.25) is 5.91 Å². The molecule has 6 heteroatoms. The van der Waals surface area contributed by atoms with Crippen molar-refractivity contribution >= 4 is 11.6 Å². The van der Waals surface area contributed by atoms with Gasteiger partial charge in [0.05, 0.1) is 18.9 Å². The van der Waals surface area contributed by atoms with Crippen LogP contribution in [0, 0.1) is 5.82 Å². The number of nitrogens with zero attached hydrogens (tertiary/aromatic N) is 1. The maximum absolute atomic E-state index is 14.1. The van der Waals surface area contributed by atoms with Crippen LogP contribution in [0.1, 0.15) is 12.5 Å². The van der Waals surface area contributed by atoms with E-state index in [1.165, 1.54) is 6.07 Å². The Balaban J connectivity index is 1.90. The Morgan fingerprint density at radius 2 is 2.19 bits per heavy atom. The van der Waals surface area contributed by atoms with Crippen LogP contribution in [0.4, 0.5) is 10.1 Å². The van der Waals surface area contributed by atoms with Gasteiger partial charge >= 0.3 is 0 Å². The SMILES string of the molecule is CCOCC(=O)NCc1ccc(N2CCOCC2)c(F)c1. The number of amides is 1. The summed E-state index contributed by atoms with van der Waals surface area (Å²) in [6.07, 6.45) is 0. The van der Waals surface area contributed by atoms with Crippen LogP contribution in [-0.2, 0) is 20.8 Å². The Kier molecular flexibility index (Phi) is 5.95. The van der Waals surface area contributed by atoms with E-state index in [4.69, 9.17) is 9.47 Å². The Morgan fingerprint density at radius 3 is 2.86 bits per heavy atom. The highest BCUT2D eigenvalue weighted by Gasteiger charge is 2.15. The van der Waals surface area contributed by atoms with Gasteiger partial charge in [-0.2, -0.15) is 0 Å². The van der Waals surface area contributed by atoms with Gasteiger partial charge in [-0.05, 0) is 24.6 Å². The van der Waals surface area contributed by atoms with Crippen molar-refractivity contribution in [2.45, 2.75) is 13.5 Å². The lowest BCUT2D eigenvalue weighted by Crippen LogP contribution is -2.36. The summed E-state index contributed by atoms with van der Waals surface area (Å²) in [5, 5.41) is 2.70. The molecule has 0 aliphatic carbocycles. The van der Waals surface area contributed by atoms with Crippen LogP contribution in [0.5, 0.6) is 0 Å². The average molecular weight is 296 g/mol. The zero-order valence-corrected chi connectivity index (χ0v) is 12.2. The molecule has 0 spiro atoms. The predicted octanol–water partition coefficient (Wildman–Crippen LogP) is 1.31. The molecule has 1 aliphatic heterocycles. The molecule has 1 fully saturated rings. The number of hydrogen-bond donors (Lipinski definition) is 1. The van der Waals surface area contributed by atoms with Gasteiger partial charge in [0.1, 0.15) is 12.4 Å². The number of rotatable bonds is 6. The van der Waals surface area contributed by atoms with Gasteiger partial charge in [0.15, 0.2) is 0 Å². The third kappa shape index (κ3) is 4.68. The first-order valence-electron chi connectivity index (χ1n) is 7.16. The molecule has 21 heavy (non-hydrogen) atoms. The summed E-state index contributed by atoms with van der Waals surface area (Å²) < 4.78 is 24.4.